The molecule has 0 heterocycles. The molecule has 1 aromatic carbocycles. The number of carbonyl (C=O) groups excluding carboxylic acids is 2. The van der Waals surface area contributed by atoms with E-state index in [2.05, 4.69) is 5.32 Å². The van der Waals surface area contributed by atoms with Crippen molar-refractivity contribution in [2.45, 2.75) is 6.92 Å². The number of hydrogen-bond acceptors (Lipinski definition) is 4. The van der Waals surface area contributed by atoms with Crippen molar-refractivity contribution in [2.24, 2.45) is 0 Å². The molecule has 0 aliphatic heterocycles. The van der Waals surface area contributed by atoms with E-state index in [1.807, 2.05) is 0 Å². The Morgan fingerprint density at radius 2 is 2.18 bits per heavy atom. The number of nitrogens with one attached hydrogen (secondary N) is 1. The summed E-state index contributed by atoms with van der Waals surface area (Å²) < 4.78 is 10.5. The van der Waals surface area contributed by atoms with Crippen LogP contribution >= 0.6 is 0 Å². The molecule has 1 rings (SSSR count). The first-order chi connectivity index (χ1) is 8.17. The van der Waals surface area contributed by atoms with Crippen molar-refractivity contribution in [3.63, 3.8) is 0 Å². The van der Waals surface area contributed by atoms with Crippen molar-refractivity contribution in [2.75, 3.05) is 20.3 Å². The molecule has 1 N–H and O–H groups in total. The van der Waals surface area contributed by atoms with Crippen LogP contribution in [0.5, 0.6) is 11.5 Å². The summed E-state index contributed by atoms with van der Waals surface area (Å²) in [7, 11) is 1.50. The Morgan fingerprint density at radius 3 is 2.76 bits per heavy atom. The first kappa shape index (κ1) is 13.0. The summed E-state index contributed by atoms with van der Waals surface area (Å²) in [5.74, 6) is 0.942. The van der Waals surface area contributed by atoms with Gasteiger partial charge in [0.1, 0.15) is 12.9 Å². The molecule has 5 heteroatoms. The average molecular weight is 237 g/mol. The molecule has 0 bridgehead atoms. The summed E-state index contributed by atoms with van der Waals surface area (Å²) in [4.78, 5) is 21.2. The Balaban J connectivity index is 2.58. The quantitative estimate of drug-likeness (QED) is 0.592. The minimum Gasteiger partial charge on any atom is -0.493 e. The molecule has 0 aliphatic carbocycles. The number of benzene rings is 1. The van der Waals surface area contributed by atoms with Crippen molar-refractivity contribution >= 4 is 12.2 Å². The molecule has 0 saturated carbocycles. The molecule has 5 nitrogen and oxygen atoms in total. The van der Waals surface area contributed by atoms with E-state index >= 15 is 0 Å². The predicted octanol–water partition coefficient (Wildman–Crippen LogP) is 1.02. The fourth-order valence-corrected chi connectivity index (χ4v) is 1.26. The second-order valence-corrected chi connectivity index (χ2v) is 3.36. The lowest BCUT2D eigenvalue weighted by atomic mass is 10.2. The van der Waals surface area contributed by atoms with Crippen LogP contribution in [0.25, 0.3) is 0 Å². The lowest BCUT2D eigenvalue weighted by molar-refractivity contribution is -0.119. The van der Waals surface area contributed by atoms with Crippen molar-refractivity contribution in [1.29, 1.82) is 0 Å². The molecule has 0 unspecified atom stereocenters. The highest BCUT2D eigenvalue weighted by Gasteiger charge is 2.05. The molecule has 0 aliphatic rings. The number of carbonyl (C=O) groups is 2. The molecule has 0 radical (unpaired) electrons. The highest BCUT2D eigenvalue weighted by atomic mass is 16.5. The smallest absolute Gasteiger partial charge is 0.216 e. The van der Waals surface area contributed by atoms with Gasteiger partial charge in [-0.05, 0) is 18.2 Å². The van der Waals surface area contributed by atoms with Crippen molar-refractivity contribution in [1.82, 2.24) is 5.32 Å². The molecule has 92 valence electrons. The minimum atomic E-state index is -0.100. The van der Waals surface area contributed by atoms with Gasteiger partial charge in [0.05, 0.1) is 13.7 Å². The van der Waals surface area contributed by atoms with Crippen LogP contribution in [0.4, 0.5) is 0 Å². The maximum Gasteiger partial charge on any atom is 0.216 e. The van der Waals surface area contributed by atoms with Gasteiger partial charge in [-0.3, -0.25) is 9.59 Å². The van der Waals surface area contributed by atoms with E-state index in [-0.39, 0.29) is 5.91 Å². The number of hydrogen-bond donors (Lipinski definition) is 1. The van der Waals surface area contributed by atoms with Crippen LogP contribution in [-0.4, -0.2) is 32.5 Å². The molecule has 1 amide bonds. The van der Waals surface area contributed by atoms with Crippen LogP contribution in [0.15, 0.2) is 18.2 Å². The van der Waals surface area contributed by atoms with E-state index < -0.39 is 0 Å². The van der Waals surface area contributed by atoms with Gasteiger partial charge in [-0.15, -0.1) is 0 Å². The maximum atomic E-state index is 10.6. The van der Waals surface area contributed by atoms with Crippen LogP contribution in [-0.2, 0) is 4.79 Å². The third-order valence-electron chi connectivity index (χ3n) is 2.06. The number of rotatable bonds is 6. The van der Waals surface area contributed by atoms with Gasteiger partial charge in [-0.2, -0.15) is 0 Å². The molecule has 0 saturated heterocycles. The molecule has 0 fully saturated rings. The SMILES string of the molecule is COc1cc(C=O)ccc1OCCNC(C)=O. The summed E-state index contributed by atoms with van der Waals surface area (Å²) >= 11 is 0. The summed E-state index contributed by atoms with van der Waals surface area (Å²) in [5, 5.41) is 2.61. The largest absolute Gasteiger partial charge is 0.493 e. The Labute approximate surface area is 99.7 Å². The Bertz CT molecular complexity index is 403. The normalized spacial score (nSPS) is 9.53. The van der Waals surface area contributed by atoms with Crippen LogP contribution in [0, 0.1) is 0 Å². The average Bonchev–Trinajstić information content (AvgIpc) is 2.34. The summed E-state index contributed by atoms with van der Waals surface area (Å²) in [6.07, 6.45) is 0.740. The molecular formula is C12H15NO4. The zero-order valence-electron chi connectivity index (χ0n) is 9.86. The Hall–Kier alpha value is -2.04. The Kier molecular flexibility index (Phi) is 5.00. The number of ether oxygens (including phenoxy) is 2. The van der Waals surface area contributed by atoms with Crippen molar-refractivity contribution in [3.8, 4) is 11.5 Å². The molecule has 0 atom stereocenters. The van der Waals surface area contributed by atoms with Gasteiger partial charge < -0.3 is 14.8 Å². The standard InChI is InChI=1S/C12H15NO4/c1-9(15)13-5-6-17-11-4-3-10(8-14)7-12(11)16-2/h3-4,7-8H,5-6H2,1-2H3,(H,13,15). The zero-order valence-corrected chi connectivity index (χ0v) is 9.86. The molecule has 0 spiro atoms. The lowest BCUT2D eigenvalue weighted by Crippen LogP contribution is -2.25. The van der Waals surface area contributed by atoms with Gasteiger partial charge in [0.25, 0.3) is 0 Å². The fourth-order valence-electron chi connectivity index (χ4n) is 1.26. The second-order valence-electron chi connectivity index (χ2n) is 3.36. The molecular weight excluding hydrogens is 222 g/mol. The summed E-state index contributed by atoms with van der Waals surface area (Å²) in [6.45, 7) is 2.21. The van der Waals surface area contributed by atoms with Crippen LogP contribution < -0.4 is 14.8 Å². The van der Waals surface area contributed by atoms with Gasteiger partial charge in [0, 0.05) is 12.5 Å². The van der Waals surface area contributed by atoms with E-state index in [1.54, 1.807) is 18.2 Å². The summed E-state index contributed by atoms with van der Waals surface area (Å²) in [5.41, 5.74) is 0.524. The maximum absolute atomic E-state index is 10.6. The monoisotopic (exact) mass is 237 g/mol. The third-order valence-corrected chi connectivity index (χ3v) is 2.06. The number of amides is 1. The van der Waals surface area contributed by atoms with Crippen LogP contribution in [0.3, 0.4) is 0 Å². The third kappa shape index (κ3) is 4.14. The van der Waals surface area contributed by atoms with Gasteiger partial charge in [0.2, 0.25) is 5.91 Å². The highest BCUT2D eigenvalue weighted by molar-refractivity contribution is 5.76. The number of methoxy groups -OCH3 is 1. The predicted molar refractivity (Wildman–Crippen MR) is 62.6 cm³/mol. The molecule has 17 heavy (non-hydrogen) atoms. The van der Waals surface area contributed by atoms with Gasteiger partial charge >= 0.3 is 0 Å². The van der Waals surface area contributed by atoms with Gasteiger partial charge in [-0.1, -0.05) is 0 Å². The molecule has 0 aromatic heterocycles. The van der Waals surface area contributed by atoms with Crippen molar-refractivity contribution in [3.05, 3.63) is 23.8 Å². The Morgan fingerprint density at radius 1 is 1.41 bits per heavy atom. The van der Waals surface area contributed by atoms with E-state index in [0.717, 1.165) is 6.29 Å². The van der Waals surface area contributed by atoms with Gasteiger partial charge in [-0.25, -0.2) is 0 Å². The van der Waals surface area contributed by atoms with E-state index in [9.17, 15) is 9.59 Å². The van der Waals surface area contributed by atoms with E-state index in [4.69, 9.17) is 9.47 Å². The molecule has 1 aromatic rings. The number of aldehydes is 1. The first-order valence-electron chi connectivity index (χ1n) is 5.18. The van der Waals surface area contributed by atoms with Crippen LogP contribution in [0.2, 0.25) is 0 Å². The second kappa shape index (κ2) is 6.52. The fraction of sp³-hybridized carbons (Fsp3) is 0.333. The highest BCUT2D eigenvalue weighted by Crippen LogP contribution is 2.27. The minimum absolute atomic E-state index is 0.100. The van der Waals surface area contributed by atoms with Crippen molar-refractivity contribution < 1.29 is 19.1 Å². The zero-order chi connectivity index (χ0) is 12.7. The van der Waals surface area contributed by atoms with E-state index in [1.165, 1.54) is 14.0 Å². The van der Waals surface area contributed by atoms with Crippen LogP contribution in [0.1, 0.15) is 17.3 Å². The van der Waals surface area contributed by atoms with Gasteiger partial charge in [0.15, 0.2) is 11.5 Å². The van der Waals surface area contributed by atoms with E-state index in [0.29, 0.717) is 30.2 Å². The first-order valence-corrected chi connectivity index (χ1v) is 5.18. The summed E-state index contributed by atoms with van der Waals surface area (Å²) in [6, 6.07) is 4.90. The topological polar surface area (TPSA) is 64.6 Å². The lowest BCUT2D eigenvalue weighted by Gasteiger charge is -2.11.